The zero-order valence-electron chi connectivity index (χ0n) is 10.6. The van der Waals surface area contributed by atoms with Crippen molar-refractivity contribution in [2.75, 3.05) is 13.2 Å². The van der Waals surface area contributed by atoms with Crippen molar-refractivity contribution in [1.82, 2.24) is 0 Å². The molecule has 2 fully saturated rings. The van der Waals surface area contributed by atoms with Crippen LogP contribution < -0.4 is 0 Å². The summed E-state index contributed by atoms with van der Waals surface area (Å²) >= 11 is 0. The van der Waals surface area contributed by atoms with E-state index in [0.717, 1.165) is 0 Å². The molecule has 6 atom stereocenters. The van der Waals surface area contributed by atoms with Gasteiger partial charge in [0.05, 0.1) is 37.6 Å². The van der Waals surface area contributed by atoms with Crippen LogP contribution in [0.3, 0.4) is 0 Å². The van der Waals surface area contributed by atoms with Crippen molar-refractivity contribution in [3.05, 3.63) is 25.3 Å². The first-order valence-electron chi connectivity index (χ1n) is 6.50. The summed E-state index contributed by atoms with van der Waals surface area (Å²) in [5, 5.41) is 20.0. The fourth-order valence-electron chi connectivity index (χ4n) is 2.91. The molecule has 102 valence electrons. The van der Waals surface area contributed by atoms with Crippen LogP contribution in [-0.4, -0.2) is 47.8 Å². The van der Waals surface area contributed by atoms with E-state index in [0.29, 0.717) is 26.1 Å². The van der Waals surface area contributed by atoms with Crippen molar-refractivity contribution >= 4 is 0 Å². The molecule has 2 N–H and O–H groups in total. The molecule has 0 unspecified atom stereocenters. The predicted octanol–water partition coefficient (Wildman–Crippen LogP) is 0.890. The first kappa shape index (κ1) is 13.7. The van der Waals surface area contributed by atoms with E-state index in [9.17, 15) is 10.2 Å². The number of hydrogen-bond donors (Lipinski definition) is 2. The minimum atomic E-state index is -0.479. The lowest BCUT2D eigenvalue weighted by Crippen LogP contribution is -2.35. The molecule has 0 amide bonds. The van der Waals surface area contributed by atoms with Crippen molar-refractivity contribution in [3.63, 3.8) is 0 Å². The second-order valence-corrected chi connectivity index (χ2v) is 5.11. The molecular formula is C14H22O4. The van der Waals surface area contributed by atoms with Crippen LogP contribution in [0.2, 0.25) is 0 Å². The van der Waals surface area contributed by atoms with Crippen LogP contribution in [0.1, 0.15) is 12.8 Å². The van der Waals surface area contributed by atoms with Gasteiger partial charge in [0.25, 0.3) is 0 Å². The Bertz CT molecular complexity index is 274. The van der Waals surface area contributed by atoms with E-state index >= 15 is 0 Å². The fourth-order valence-corrected chi connectivity index (χ4v) is 2.91. The average Bonchev–Trinajstić information content (AvgIpc) is 2.89. The maximum absolute atomic E-state index is 10.0. The second-order valence-electron chi connectivity index (χ2n) is 5.11. The lowest BCUT2D eigenvalue weighted by molar-refractivity contribution is -0.00113. The van der Waals surface area contributed by atoms with Gasteiger partial charge in [-0.15, -0.1) is 13.2 Å². The summed E-state index contributed by atoms with van der Waals surface area (Å²) in [6.07, 6.45) is 3.32. The molecule has 2 heterocycles. The van der Waals surface area contributed by atoms with E-state index in [2.05, 4.69) is 13.2 Å². The second kappa shape index (κ2) is 5.97. The van der Waals surface area contributed by atoms with Crippen LogP contribution in [0.4, 0.5) is 0 Å². The van der Waals surface area contributed by atoms with Gasteiger partial charge in [0.15, 0.2) is 0 Å². The van der Waals surface area contributed by atoms with Crippen molar-refractivity contribution in [3.8, 4) is 0 Å². The van der Waals surface area contributed by atoms with Crippen molar-refractivity contribution in [1.29, 1.82) is 0 Å². The lowest BCUT2D eigenvalue weighted by Gasteiger charge is -2.21. The summed E-state index contributed by atoms with van der Waals surface area (Å²) in [5.74, 6) is -0.0390. The van der Waals surface area contributed by atoms with E-state index in [1.54, 1.807) is 12.2 Å². The highest BCUT2D eigenvalue weighted by molar-refractivity contribution is 4.99. The van der Waals surface area contributed by atoms with Gasteiger partial charge in [-0.1, -0.05) is 12.2 Å². The Kier molecular flexibility index (Phi) is 4.56. The summed E-state index contributed by atoms with van der Waals surface area (Å²) < 4.78 is 11.4. The summed E-state index contributed by atoms with van der Waals surface area (Å²) in [6.45, 7) is 8.24. The standard InChI is InChI=1S/C14H22O4/c1-3-5-11(15)9-7-17-14-10(8-18-13(9)14)12(16)6-4-2/h3-4,9-16H,1-2,5-8H2/t9-,10-,11-,12+,13+,14+/m0/s1. The zero-order valence-corrected chi connectivity index (χ0v) is 10.6. The third-order valence-electron chi connectivity index (χ3n) is 3.93. The topological polar surface area (TPSA) is 58.9 Å². The first-order chi connectivity index (χ1) is 8.69. The van der Waals surface area contributed by atoms with E-state index in [-0.39, 0.29) is 24.0 Å². The number of rotatable bonds is 6. The third-order valence-corrected chi connectivity index (χ3v) is 3.93. The monoisotopic (exact) mass is 254 g/mol. The van der Waals surface area contributed by atoms with Gasteiger partial charge in [-0.25, -0.2) is 0 Å². The van der Waals surface area contributed by atoms with Gasteiger partial charge in [-0.2, -0.15) is 0 Å². The lowest BCUT2D eigenvalue weighted by atomic mass is 9.88. The van der Waals surface area contributed by atoms with Crippen LogP contribution in [-0.2, 0) is 9.47 Å². The highest BCUT2D eigenvalue weighted by Crippen LogP contribution is 2.38. The first-order valence-corrected chi connectivity index (χ1v) is 6.50. The van der Waals surface area contributed by atoms with Gasteiger partial charge in [0.2, 0.25) is 0 Å². The number of hydrogen-bond acceptors (Lipinski definition) is 4. The highest BCUT2D eigenvalue weighted by atomic mass is 16.6. The fraction of sp³-hybridized carbons (Fsp3) is 0.714. The Labute approximate surface area is 108 Å². The molecule has 0 bridgehead atoms. The van der Waals surface area contributed by atoms with Crippen molar-refractivity contribution in [2.45, 2.75) is 37.3 Å². The minimum Gasteiger partial charge on any atom is -0.392 e. The molecule has 0 spiro atoms. The average molecular weight is 254 g/mol. The van der Waals surface area contributed by atoms with Gasteiger partial charge in [-0.05, 0) is 12.8 Å². The molecule has 2 aliphatic heterocycles. The van der Waals surface area contributed by atoms with E-state index in [1.165, 1.54) is 0 Å². The Hall–Kier alpha value is -0.680. The summed E-state index contributed by atoms with van der Waals surface area (Å²) in [6, 6.07) is 0. The zero-order chi connectivity index (χ0) is 13.1. The van der Waals surface area contributed by atoms with Gasteiger partial charge >= 0.3 is 0 Å². The van der Waals surface area contributed by atoms with Crippen LogP contribution in [0.25, 0.3) is 0 Å². The van der Waals surface area contributed by atoms with E-state index in [1.807, 2.05) is 0 Å². The smallest absolute Gasteiger partial charge is 0.0916 e. The van der Waals surface area contributed by atoms with Gasteiger partial charge in [0.1, 0.15) is 0 Å². The Balaban J connectivity index is 1.98. The normalized spacial score (nSPS) is 38.1. The van der Waals surface area contributed by atoms with E-state index < -0.39 is 12.2 Å². The molecule has 2 rings (SSSR count). The van der Waals surface area contributed by atoms with Crippen molar-refractivity contribution < 1.29 is 19.7 Å². The third kappa shape index (κ3) is 2.52. The molecule has 0 aromatic rings. The molecule has 0 aliphatic carbocycles. The van der Waals surface area contributed by atoms with E-state index in [4.69, 9.17) is 9.47 Å². The molecule has 18 heavy (non-hydrogen) atoms. The summed E-state index contributed by atoms with van der Waals surface area (Å²) in [4.78, 5) is 0. The molecule has 0 aromatic carbocycles. The number of aliphatic hydroxyl groups is 2. The maximum Gasteiger partial charge on any atom is 0.0916 e. The highest BCUT2D eigenvalue weighted by Gasteiger charge is 2.51. The minimum absolute atomic E-state index is 0.0195. The molecule has 2 saturated heterocycles. The molecule has 4 nitrogen and oxygen atoms in total. The van der Waals surface area contributed by atoms with Crippen LogP contribution in [0.15, 0.2) is 25.3 Å². The van der Waals surface area contributed by atoms with Gasteiger partial charge in [0, 0.05) is 11.8 Å². The Morgan fingerprint density at radius 3 is 1.67 bits per heavy atom. The molecule has 2 aliphatic rings. The van der Waals surface area contributed by atoms with Crippen LogP contribution in [0, 0.1) is 11.8 Å². The quantitative estimate of drug-likeness (QED) is 0.691. The van der Waals surface area contributed by atoms with Crippen LogP contribution in [0.5, 0.6) is 0 Å². The SMILES string of the molecule is C=CC[C@@H](O)[C@@H]1CO[C@@H]2[C@H]([C@@H](O)CC=C)CO[C@H]12. The van der Waals surface area contributed by atoms with Crippen molar-refractivity contribution in [2.24, 2.45) is 11.8 Å². The number of fused-ring (bicyclic) bond motifs is 1. The molecule has 0 aromatic heterocycles. The molecule has 0 radical (unpaired) electrons. The predicted molar refractivity (Wildman–Crippen MR) is 68.1 cm³/mol. The maximum atomic E-state index is 10.0. The molecule has 4 heteroatoms. The Morgan fingerprint density at radius 1 is 0.944 bits per heavy atom. The largest absolute Gasteiger partial charge is 0.392 e. The van der Waals surface area contributed by atoms with Gasteiger partial charge < -0.3 is 19.7 Å². The Morgan fingerprint density at radius 2 is 1.33 bits per heavy atom. The van der Waals surface area contributed by atoms with Crippen LogP contribution >= 0.6 is 0 Å². The van der Waals surface area contributed by atoms with Gasteiger partial charge in [-0.3, -0.25) is 0 Å². The number of ether oxygens (including phenoxy) is 2. The molecular weight excluding hydrogens is 232 g/mol. The summed E-state index contributed by atoms with van der Waals surface area (Å²) in [7, 11) is 0. The summed E-state index contributed by atoms with van der Waals surface area (Å²) in [5.41, 5.74) is 0. The number of aliphatic hydroxyl groups excluding tert-OH is 2. The molecule has 0 saturated carbocycles.